The van der Waals surface area contributed by atoms with Crippen LogP contribution in [-0.2, 0) is 0 Å². The lowest BCUT2D eigenvalue weighted by Crippen LogP contribution is -2.10. The van der Waals surface area contributed by atoms with Gasteiger partial charge in [0, 0.05) is 11.5 Å². The molecule has 0 fully saturated rings. The van der Waals surface area contributed by atoms with Gasteiger partial charge in [-0.05, 0) is 35.0 Å². The standard InChI is InChI=1S/C8H6BrN3O2S/c1-4-10-8(15-12-4)11-7(13)5-2-3-6(9)14-5/h2-3H,1H3,(H,10,11,12,13). The second-order valence-electron chi connectivity index (χ2n) is 2.70. The smallest absolute Gasteiger partial charge is 0.293 e. The first-order chi connectivity index (χ1) is 7.15. The van der Waals surface area contributed by atoms with E-state index in [-0.39, 0.29) is 11.7 Å². The Bertz CT molecular complexity index is 494. The number of rotatable bonds is 2. The lowest BCUT2D eigenvalue weighted by Gasteiger charge is -1.95. The highest BCUT2D eigenvalue weighted by atomic mass is 79.9. The number of anilines is 1. The van der Waals surface area contributed by atoms with Gasteiger partial charge in [0.25, 0.3) is 5.91 Å². The van der Waals surface area contributed by atoms with E-state index < -0.39 is 0 Å². The molecule has 0 aliphatic carbocycles. The van der Waals surface area contributed by atoms with Gasteiger partial charge < -0.3 is 4.42 Å². The molecule has 2 heterocycles. The summed E-state index contributed by atoms with van der Waals surface area (Å²) < 4.78 is 9.54. The van der Waals surface area contributed by atoms with Crippen LogP contribution in [0.1, 0.15) is 16.4 Å². The van der Waals surface area contributed by atoms with E-state index in [1.807, 2.05) is 0 Å². The summed E-state index contributed by atoms with van der Waals surface area (Å²) >= 11 is 4.25. The lowest BCUT2D eigenvalue weighted by atomic mass is 10.4. The highest BCUT2D eigenvalue weighted by Gasteiger charge is 2.12. The third-order valence-electron chi connectivity index (χ3n) is 1.55. The van der Waals surface area contributed by atoms with Crippen molar-refractivity contribution in [2.45, 2.75) is 6.92 Å². The molecule has 1 N–H and O–H groups in total. The minimum Gasteiger partial charge on any atom is -0.444 e. The summed E-state index contributed by atoms with van der Waals surface area (Å²) in [5.41, 5.74) is 0. The molecule has 0 bridgehead atoms. The average molecular weight is 288 g/mol. The van der Waals surface area contributed by atoms with E-state index in [0.717, 1.165) is 11.5 Å². The van der Waals surface area contributed by atoms with Crippen molar-refractivity contribution in [3.8, 4) is 0 Å². The quantitative estimate of drug-likeness (QED) is 0.921. The molecule has 0 radical (unpaired) electrons. The number of carbonyl (C=O) groups excluding carboxylic acids is 1. The van der Waals surface area contributed by atoms with E-state index in [0.29, 0.717) is 15.6 Å². The summed E-state index contributed by atoms with van der Waals surface area (Å²) in [5.74, 6) is 0.530. The third kappa shape index (κ3) is 2.42. The highest BCUT2D eigenvalue weighted by Crippen LogP contribution is 2.16. The number of nitrogens with zero attached hydrogens (tertiary/aromatic N) is 2. The van der Waals surface area contributed by atoms with Gasteiger partial charge in [0.2, 0.25) is 5.13 Å². The monoisotopic (exact) mass is 287 g/mol. The molecular weight excluding hydrogens is 282 g/mol. The van der Waals surface area contributed by atoms with Gasteiger partial charge in [-0.3, -0.25) is 10.1 Å². The molecule has 0 aliphatic heterocycles. The van der Waals surface area contributed by atoms with Crippen molar-refractivity contribution in [1.29, 1.82) is 0 Å². The SMILES string of the molecule is Cc1nsc(NC(=O)c2ccc(Br)o2)n1. The van der Waals surface area contributed by atoms with E-state index in [1.54, 1.807) is 19.1 Å². The fourth-order valence-corrected chi connectivity index (χ4v) is 1.82. The average Bonchev–Trinajstić information content (AvgIpc) is 2.75. The number of aromatic nitrogens is 2. The molecule has 0 aliphatic rings. The summed E-state index contributed by atoms with van der Waals surface area (Å²) in [6.45, 7) is 1.76. The van der Waals surface area contributed by atoms with Crippen molar-refractivity contribution in [1.82, 2.24) is 9.36 Å². The van der Waals surface area contributed by atoms with E-state index >= 15 is 0 Å². The molecule has 0 saturated heterocycles. The van der Waals surface area contributed by atoms with Crippen LogP contribution in [-0.4, -0.2) is 15.3 Å². The molecule has 0 unspecified atom stereocenters. The summed E-state index contributed by atoms with van der Waals surface area (Å²) in [7, 11) is 0. The van der Waals surface area contributed by atoms with Crippen molar-refractivity contribution in [3.05, 3.63) is 28.4 Å². The molecule has 2 rings (SSSR count). The van der Waals surface area contributed by atoms with Crippen molar-refractivity contribution in [3.63, 3.8) is 0 Å². The topological polar surface area (TPSA) is 68.0 Å². The zero-order chi connectivity index (χ0) is 10.8. The first-order valence-corrected chi connectivity index (χ1v) is 5.59. The molecule has 0 spiro atoms. The van der Waals surface area contributed by atoms with Crippen LogP contribution in [0.2, 0.25) is 0 Å². The van der Waals surface area contributed by atoms with Gasteiger partial charge >= 0.3 is 0 Å². The van der Waals surface area contributed by atoms with E-state index in [9.17, 15) is 4.79 Å². The Kier molecular flexibility index (Phi) is 2.83. The highest BCUT2D eigenvalue weighted by molar-refractivity contribution is 9.10. The van der Waals surface area contributed by atoms with Gasteiger partial charge in [-0.15, -0.1) is 0 Å². The van der Waals surface area contributed by atoms with E-state index in [2.05, 4.69) is 30.6 Å². The molecule has 2 aromatic heterocycles. The Hall–Kier alpha value is -1.21. The maximum Gasteiger partial charge on any atom is 0.293 e. The Morgan fingerprint density at radius 3 is 2.93 bits per heavy atom. The van der Waals surface area contributed by atoms with Crippen LogP contribution < -0.4 is 5.32 Å². The second kappa shape index (κ2) is 4.11. The van der Waals surface area contributed by atoms with Crippen molar-refractivity contribution < 1.29 is 9.21 Å². The van der Waals surface area contributed by atoms with Crippen LogP contribution in [0.25, 0.3) is 0 Å². The molecule has 0 saturated carbocycles. The number of aryl methyl sites for hydroxylation is 1. The molecule has 0 aromatic carbocycles. The second-order valence-corrected chi connectivity index (χ2v) is 4.24. The zero-order valence-electron chi connectivity index (χ0n) is 7.65. The van der Waals surface area contributed by atoms with Gasteiger partial charge in [-0.2, -0.15) is 4.37 Å². The van der Waals surface area contributed by atoms with E-state index in [1.165, 1.54) is 0 Å². The zero-order valence-corrected chi connectivity index (χ0v) is 10.1. The molecule has 5 nitrogen and oxygen atoms in total. The maximum absolute atomic E-state index is 11.5. The first kappa shape index (κ1) is 10.3. The van der Waals surface area contributed by atoms with Crippen LogP contribution in [0, 0.1) is 6.92 Å². The molecule has 78 valence electrons. The van der Waals surface area contributed by atoms with Crippen molar-refractivity contribution >= 4 is 38.5 Å². The largest absolute Gasteiger partial charge is 0.444 e. The summed E-state index contributed by atoms with van der Waals surface area (Å²) in [5, 5.41) is 3.05. The number of carbonyl (C=O) groups is 1. The number of nitrogens with one attached hydrogen (secondary N) is 1. The minimum atomic E-state index is -0.336. The fourth-order valence-electron chi connectivity index (χ4n) is 0.943. The van der Waals surface area contributed by atoms with Gasteiger partial charge in [-0.25, -0.2) is 4.98 Å². The van der Waals surface area contributed by atoms with Gasteiger partial charge in [0.05, 0.1) is 0 Å². The fraction of sp³-hybridized carbons (Fsp3) is 0.125. The van der Waals surface area contributed by atoms with Gasteiger partial charge in [0.1, 0.15) is 5.82 Å². The lowest BCUT2D eigenvalue weighted by molar-refractivity contribution is 0.0995. The molecule has 7 heteroatoms. The number of hydrogen-bond donors (Lipinski definition) is 1. The van der Waals surface area contributed by atoms with Crippen molar-refractivity contribution in [2.75, 3.05) is 5.32 Å². The van der Waals surface area contributed by atoms with Crippen molar-refractivity contribution in [2.24, 2.45) is 0 Å². The number of furan rings is 1. The molecule has 0 atom stereocenters. The Morgan fingerprint density at radius 1 is 1.60 bits per heavy atom. The predicted octanol–water partition coefficient (Wildman–Crippen LogP) is 2.45. The Labute approximate surface area is 97.8 Å². The molecule has 1 amide bonds. The third-order valence-corrected chi connectivity index (χ3v) is 2.69. The van der Waals surface area contributed by atoms with Gasteiger partial charge in [-0.1, -0.05) is 0 Å². The van der Waals surface area contributed by atoms with Crippen LogP contribution in [0.3, 0.4) is 0 Å². The Morgan fingerprint density at radius 2 is 2.40 bits per heavy atom. The summed E-state index contributed by atoms with van der Waals surface area (Å²) in [6.07, 6.45) is 0. The Balaban J connectivity index is 2.10. The van der Waals surface area contributed by atoms with Crippen LogP contribution in [0.4, 0.5) is 5.13 Å². The molecule has 2 aromatic rings. The van der Waals surface area contributed by atoms with E-state index in [4.69, 9.17) is 4.42 Å². The van der Waals surface area contributed by atoms with Crippen LogP contribution in [0.15, 0.2) is 21.2 Å². The minimum absolute atomic E-state index is 0.231. The van der Waals surface area contributed by atoms with Crippen LogP contribution >= 0.6 is 27.5 Å². The number of halogens is 1. The predicted molar refractivity (Wildman–Crippen MR) is 59.0 cm³/mol. The molecular formula is C8H6BrN3O2S. The number of amides is 1. The summed E-state index contributed by atoms with van der Waals surface area (Å²) in [6, 6.07) is 3.23. The van der Waals surface area contributed by atoms with Gasteiger partial charge in [0.15, 0.2) is 10.4 Å². The number of hydrogen-bond acceptors (Lipinski definition) is 5. The van der Waals surface area contributed by atoms with Crippen LogP contribution in [0.5, 0.6) is 0 Å². The normalized spacial score (nSPS) is 10.3. The maximum atomic E-state index is 11.5. The molecule has 15 heavy (non-hydrogen) atoms. The first-order valence-electron chi connectivity index (χ1n) is 4.02. The summed E-state index contributed by atoms with van der Waals surface area (Å²) in [4.78, 5) is 15.6.